The largest absolute Gasteiger partial charge is 0.491 e. The Morgan fingerprint density at radius 2 is 1.67 bits per heavy atom. The molecular weight excluding hydrogens is 334 g/mol. The summed E-state index contributed by atoms with van der Waals surface area (Å²) in [5.74, 6) is 0.795. The van der Waals surface area contributed by atoms with Gasteiger partial charge in [-0.25, -0.2) is 0 Å². The summed E-state index contributed by atoms with van der Waals surface area (Å²) in [7, 11) is 0. The van der Waals surface area contributed by atoms with E-state index < -0.39 is 6.10 Å². The first-order valence-electron chi connectivity index (χ1n) is 9.45. The lowest BCUT2D eigenvalue weighted by Gasteiger charge is -2.27. The van der Waals surface area contributed by atoms with Crippen molar-refractivity contribution < 1.29 is 9.84 Å². The molecule has 0 saturated heterocycles. The van der Waals surface area contributed by atoms with Gasteiger partial charge in [0, 0.05) is 13.1 Å². The van der Waals surface area contributed by atoms with Crippen LogP contribution in [0.3, 0.4) is 0 Å². The van der Waals surface area contributed by atoms with E-state index in [1.54, 1.807) is 0 Å². The average Bonchev–Trinajstić information content (AvgIpc) is 3.06. The quantitative estimate of drug-likeness (QED) is 0.711. The second kappa shape index (κ2) is 7.95. The Morgan fingerprint density at radius 1 is 0.963 bits per heavy atom. The number of aliphatic hydroxyl groups excluding tert-OH is 1. The van der Waals surface area contributed by atoms with E-state index in [1.807, 2.05) is 37.3 Å². The van der Waals surface area contributed by atoms with E-state index in [-0.39, 0.29) is 12.6 Å². The molecule has 1 N–H and O–H groups in total. The fourth-order valence-corrected chi connectivity index (χ4v) is 3.80. The summed E-state index contributed by atoms with van der Waals surface area (Å²) in [6.45, 7) is 3.75. The van der Waals surface area contributed by atoms with E-state index in [4.69, 9.17) is 4.74 Å². The molecule has 1 aliphatic heterocycles. The van der Waals surface area contributed by atoms with Gasteiger partial charge in [-0.2, -0.15) is 0 Å². The fourth-order valence-electron chi connectivity index (χ4n) is 3.80. The van der Waals surface area contributed by atoms with Gasteiger partial charge in [-0.1, -0.05) is 72.3 Å². The molecule has 3 aromatic rings. The summed E-state index contributed by atoms with van der Waals surface area (Å²) < 4.78 is 5.77. The van der Waals surface area contributed by atoms with Crippen LogP contribution < -0.4 is 4.74 Å². The molecule has 2 unspecified atom stereocenters. The Bertz CT molecular complexity index is 876. The van der Waals surface area contributed by atoms with Gasteiger partial charge in [0.2, 0.25) is 0 Å². The molecule has 0 amide bonds. The number of fused-ring (bicyclic) bond motifs is 1. The molecule has 0 aliphatic carbocycles. The summed E-state index contributed by atoms with van der Waals surface area (Å²) in [5, 5.41) is 10.6. The summed E-state index contributed by atoms with van der Waals surface area (Å²) in [5.41, 5.74) is 5.12. The summed E-state index contributed by atoms with van der Waals surface area (Å²) >= 11 is 0. The van der Waals surface area contributed by atoms with Crippen LogP contribution in [0.15, 0.2) is 78.9 Å². The van der Waals surface area contributed by atoms with Crippen LogP contribution in [0.25, 0.3) is 0 Å². The molecule has 2 atom stereocenters. The minimum atomic E-state index is -0.549. The SMILES string of the molecule is Cc1ccc(OCC(O)CN2Cc3ccccc3C2c2ccccc2)cc1. The lowest BCUT2D eigenvalue weighted by atomic mass is 9.98. The van der Waals surface area contributed by atoms with Crippen LogP contribution in [0.2, 0.25) is 0 Å². The highest BCUT2D eigenvalue weighted by Gasteiger charge is 2.32. The van der Waals surface area contributed by atoms with Crippen molar-refractivity contribution in [2.24, 2.45) is 0 Å². The number of hydrogen-bond donors (Lipinski definition) is 1. The molecule has 0 bridgehead atoms. The fraction of sp³-hybridized carbons (Fsp3) is 0.250. The van der Waals surface area contributed by atoms with Gasteiger partial charge in [-0.15, -0.1) is 0 Å². The number of β-amino-alcohol motifs (C(OH)–C–C–N with tert-alkyl or cyclic N) is 1. The Hall–Kier alpha value is -2.62. The molecule has 138 valence electrons. The lowest BCUT2D eigenvalue weighted by molar-refractivity contribution is 0.0603. The van der Waals surface area contributed by atoms with Crippen LogP contribution in [0, 0.1) is 6.92 Å². The van der Waals surface area contributed by atoms with Crippen molar-refractivity contribution >= 4 is 0 Å². The van der Waals surface area contributed by atoms with E-state index in [2.05, 4.69) is 53.4 Å². The first kappa shape index (κ1) is 17.8. The molecule has 0 radical (unpaired) electrons. The number of aliphatic hydroxyl groups is 1. The monoisotopic (exact) mass is 359 g/mol. The molecule has 0 saturated carbocycles. The van der Waals surface area contributed by atoms with Crippen LogP contribution in [0.1, 0.15) is 28.3 Å². The molecule has 0 fully saturated rings. The molecule has 0 aromatic heterocycles. The smallest absolute Gasteiger partial charge is 0.119 e. The Morgan fingerprint density at radius 3 is 2.44 bits per heavy atom. The van der Waals surface area contributed by atoms with Crippen LogP contribution in [0.4, 0.5) is 0 Å². The minimum Gasteiger partial charge on any atom is -0.491 e. The standard InChI is InChI=1S/C24H25NO2/c1-18-11-13-22(14-12-18)27-17-21(26)16-25-15-20-9-5-6-10-23(20)24(25)19-7-3-2-4-8-19/h2-14,21,24,26H,15-17H2,1H3. The predicted octanol–water partition coefficient (Wildman–Crippen LogP) is 4.34. The molecular formula is C24H25NO2. The van der Waals surface area contributed by atoms with E-state index in [0.29, 0.717) is 6.54 Å². The average molecular weight is 359 g/mol. The summed E-state index contributed by atoms with van der Waals surface area (Å²) in [6, 6.07) is 27.2. The van der Waals surface area contributed by atoms with Crippen molar-refractivity contribution in [1.29, 1.82) is 0 Å². The van der Waals surface area contributed by atoms with Gasteiger partial charge in [0.25, 0.3) is 0 Å². The Balaban J connectivity index is 1.46. The number of aryl methyl sites for hydroxylation is 1. The highest BCUT2D eigenvalue weighted by Crippen LogP contribution is 2.38. The van der Waals surface area contributed by atoms with Crippen LogP contribution in [-0.4, -0.2) is 29.3 Å². The molecule has 3 heteroatoms. The third-order valence-corrected chi connectivity index (χ3v) is 5.11. The van der Waals surface area contributed by atoms with Crippen LogP contribution in [-0.2, 0) is 6.54 Å². The third-order valence-electron chi connectivity index (χ3n) is 5.11. The number of benzene rings is 3. The van der Waals surface area contributed by atoms with Crippen LogP contribution in [0.5, 0.6) is 5.75 Å². The normalized spacial score (nSPS) is 17.5. The van der Waals surface area contributed by atoms with E-state index in [0.717, 1.165) is 12.3 Å². The molecule has 3 aromatic carbocycles. The van der Waals surface area contributed by atoms with Gasteiger partial charge in [0.15, 0.2) is 0 Å². The van der Waals surface area contributed by atoms with Crippen molar-refractivity contribution in [2.45, 2.75) is 25.6 Å². The maximum atomic E-state index is 10.6. The number of ether oxygens (including phenoxy) is 1. The van der Waals surface area contributed by atoms with Gasteiger partial charge in [0.05, 0.1) is 6.04 Å². The van der Waals surface area contributed by atoms with E-state index >= 15 is 0 Å². The first-order chi connectivity index (χ1) is 13.2. The van der Waals surface area contributed by atoms with Crippen LogP contribution >= 0.6 is 0 Å². The topological polar surface area (TPSA) is 32.7 Å². The molecule has 4 rings (SSSR count). The van der Waals surface area contributed by atoms with Gasteiger partial charge < -0.3 is 9.84 Å². The zero-order valence-electron chi connectivity index (χ0n) is 15.6. The van der Waals surface area contributed by atoms with E-state index in [9.17, 15) is 5.11 Å². The summed E-state index contributed by atoms with van der Waals surface area (Å²) in [4.78, 5) is 2.34. The molecule has 27 heavy (non-hydrogen) atoms. The number of nitrogens with zero attached hydrogens (tertiary/aromatic N) is 1. The van der Waals surface area contributed by atoms with Crippen molar-refractivity contribution in [3.63, 3.8) is 0 Å². The van der Waals surface area contributed by atoms with Crippen molar-refractivity contribution in [1.82, 2.24) is 4.90 Å². The lowest BCUT2D eigenvalue weighted by Crippen LogP contribution is -2.35. The Labute approximate surface area is 160 Å². The van der Waals surface area contributed by atoms with Crippen molar-refractivity contribution in [2.75, 3.05) is 13.2 Å². The second-order valence-electron chi connectivity index (χ2n) is 7.22. The van der Waals surface area contributed by atoms with Crippen molar-refractivity contribution in [3.05, 3.63) is 101 Å². The van der Waals surface area contributed by atoms with Gasteiger partial charge in [-0.05, 0) is 35.7 Å². The number of rotatable bonds is 6. The van der Waals surface area contributed by atoms with Crippen molar-refractivity contribution in [3.8, 4) is 5.75 Å². The molecule has 1 aliphatic rings. The van der Waals surface area contributed by atoms with Gasteiger partial charge >= 0.3 is 0 Å². The van der Waals surface area contributed by atoms with Gasteiger partial charge in [-0.3, -0.25) is 4.90 Å². The van der Waals surface area contributed by atoms with Gasteiger partial charge in [0.1, 0.15) is 18.5 Å². The predicted molar refractivity (Wildman–Crippen MR) is 108 cm³/mol. The second-order valence-corrected chi connectivity index (χ2v) is 7.22. The highest BCUT2D eigenvalue weighted by atomic mass is 16.5. The maximum absolute atomic E-state index is 10.6. The highest BCUT2D eigenvalue weighted by molar-refractivity contribution is 5.41. The third kappa shape index (κ3) is 4.05. The molecule has 3 nitrogen and oxygen atoms in total. The minimum absolute atomic E-state index is 0.177. The zero-order chi connectivity index (χ0) is 18.6. The molecule has 0 spiro atoms. The maximum Gasteiger partial charge on any atom is 0.119 e. The molecule has 1 heterocycles. The zero-order valence-corrected chi connectivity index (χ0v) is 15.6. The van der Waals surface area contributed by atoms with E-state index in [1.165, 1.54) is 22.3 Å². The number of hydrogen-bond acceptors (Lipinski definition) is 3. The first-order valence-corrected chi connectivity index (χ1v) is 9.45. The summed E-state index contributed by atoms with van der Waals surface area (Å²) in [6.07, 6.45) is -0.549. The Kier molecular flexibility index (Phi) is 5.23.